The van der Waals surface area contributed by atoms with Crippen LogP contribution in [0.1, 0.15) is 38.7 Å². The Hall–Kier alpha value is -2.36. The number of aromatic nitrogens is 1. The molecule has 4 nitrogen and oxygen atoms in total. The average Bonchev–Trinajstić information content (AvgIpc) is 3.46. The van der Waals surface area contributed by atoms with Crippen molar-refractivity contribution in [2.75, 3.05) is 6.61 Å². The molecule has 2 aromatic rings. The van der Waals surface area contributed by atoms with E-state index in [2.05, 4.69) is 48.4 Å². The number of amides is 1. The highest BCUT2D eigenvalue weighted by Gasteiger charge is 2.30. The molecule has 1 atom stereocenters. The van der Waals surface area contributed by atoms with E-state index >= 15 is 0 Å². The molecule has 1 aliphatic rings. The molecule has 0 radical (unpaired) electrons. The van der Waals surface area contributed by atoms with Gasteiger partial charge in [0.1, 0.15) is 0 Å². The molecule has 1 fully saturated rings. The first-order valence-electron chi connectivity index (χ1n) is 9.14. The van der Waals surface area contributed by atoms with Crippen LogP contribution in [-0.2, 0) is 11.2 Å². The monoisotopic (exact) mass is 338 g/mol. The summed E-state index contributed by atoms with van der Waals surface area (Å²) in [5.41, 5.74) is 3.47. The van der Waals surface area contributed by atoms with E-state index in [1.807, 2.05) is 12.1 Å². The number of ether oxygens (including phenoxy) is 1. The van der Waals surface area contributed by atoms with Crippen LogP contribution in [0.5, 0.6) is 5.88 Å². The van der Waals surface area contributed by atoms with Crippen molar-refractivity contribution in [3.05, 3.63) is 48.2 Å². The molecule has 1 unspecified atom stereocenters. The molecule has 1 saturated carbocycles. The molecule has 4 heteroatoms. The summed E-state index contributed by atoms with van der Waals surface area (Å²) in [7, 11) is 0. The second-order valence-electron chi connectivity index (χ2n) is 6.82. The summed E-state index contributed by atoms with van der Waals surface area (Å²) in [5, 5.41) is 3.10. The third-order valence-corrected chi connectivity index (χ3v) is 4.35. The first-order valence-corrected chi connectivity index (χ1v) is 9.14. The minimum absolute atomic E-state index is 0.161. The molecule has 3 rings (SSSR count). The van der Waals surface area contributed by atoms with Gasteiger partial charge in [0.25, 0.3) is 0 Å². The zero-order chi connectivity index (χ0) is 17.6. The van der Waals surface area contributed by atoms with Gasteiger partial charge >= 0.3 is 0 Å². The predicted molar refractivity (Wildman–Crippen MR) is 99.5 cm³/mol. The molecule has 0 bridgehead atoms. The third kappa shape index (κ3) is 5.05. The van der Waals surface area contributed by atoms with Crippen LogP contribution in [-0.4, -0.2) is 23.5 Å². The molecule has 0 aliphatic heterocycles. The second-order valence-corrected chi connectivity index (χ2v) is 6.82. The Morgan fingerprint density at radius 1 is 1.24 bits per heavy atom. The average molecular weight is 338 g/mol. The highest BCUT2D eigenvalue weighted by Crippen LogP contribution is 2.29. The Morgan fingerprint density at radius 2 is 2.00 bits per heavy atom. The van der Waals surface area contributed by atoms with Crippen molar-refractivity contribution in [3.8, 4) is 17.0 Å². The van der Waals surface area contributed by atoms with Crippen molar-refractivity contribution in [1.29, 1.82) is 0 Å². The summed E-state index contributed by atoms with van der Waals surface area (Å²) in [6.45, 7) is 4.82. The summed E-state index contributed by atoms with van der Waals surface area (Å²) < 4.78 is 5.60. The van der Waals surface area contributed by atoms with Crippen LogP contribution in [0.15, 0.2) is 42.6 Å². The molecule has 0 spiro atoms. The van der Waals surface area contributed by atoms with Gasteiger partial charge in [-0.15, -0.1) is 0 Å². The molecule has 1 aromatic carbocycles. The summed E-state index contributed by atoms with van der Waals surface area (Å²) in [5.74, 6) is 1.14. The van der Waals surface area contributed by atoms with Crippen molar-refractivity contribution >= 4 is 5.91 Å². The Balaban J connectivity index is 1.60. The smallest absolute Gasteiger partial charge is 0.223 e. The van der Waals surface area contributed by atoms with Gasteiger partial charge in [0.2, 0.25) is 11.8 Å². The number of benzene rings is 1. The van der Waals surface area contributed by atoms with Gasteiger partial charge in [-0.05, 0) is 55.4 Å². The highest BCUT2D eigenvalue weighted by atomic mass is 16.5. The summed E-state index contributed by atoms with van der Waals surface area (Å²) in [4.78, 5) is 16.1. The van der Waals surface area contributed by atoms with Crippen molar-refractivity contribution in [3.63, 3.8) is 0 Å². The van der Waals surface area contributed by atoms with E-state index in [-0.39, 0.29) is 17.9 Å². The SMILES string of the molecule is CCCOc1cc(-c2ccc(CC(C)NC(=O)C3CC3)cc2)ccn1. The lowest BCUT2D eigenvalue weighted by Gasteiger charge is -2.14. The molecule has 1 amide bonds. The minimum Gasteiger partial charge on any atom is -0.478 e. The minimum atomic E-state index is 0.161. The normalized spacial score (nSPS) is 14.8. The second kappa shape index (κ2) is 8.15. The first kappa shape index (κ1) is 17.5. The summed E-state index contributed by atoms with van der Waals surface area (Å²) in [6, 6.07) is 12.6. The number of nitrogens with one attached hydrogen (secondary N) is 1. The van der Waals surface area contributed by atoms with E-state index in [9.17, 15) is 4.79 Å². The van der Waals surface area contributed by atoms with Crippen LogP contribution in [0.4, 0.5) is 0 Å². The number of hydrogen-bond donors (Lipinski definition) is 1. The van der Waals surface area contributed by atoms with Gasteiger partial charge in [-0.1, -0.05) is 31.2 Å². The first-order chi connectivity index (χ1) is 12.2. The zero-order valence-electron chi connectivity index (χ0n) is 15.0. The van der Waals surface area contributed by atoms with Gasteiger partial charge in [0.05, 0.1) is 6.61 Å². The van der Waals surface area contributed by atoms with Crippen LogP contribution >= 0.6 is 0 Å². The van der Waals surface area contributed by atoms with E-state index in [0.717, 1.165) is 36.8 Å². The number of rotatable bonds is 8. The molecule has 1 aliphatic carbocycles. The lowest BCUT2D eigenvalue weighted by atomic mass is 10.0. The van der Waals surface area contributed by atoms with E-state index in [1.165, 1.54) is 5.56 Å². The topological polar surface area (TPSA) is 51.2 Å². The Morgan fingerprint density at radius 3 is 2.68 bits per heavy atom. The van der Waals surface area contributed by atoms with E-state index in [0.29, 0.717) is 12.5 Å². The fraction of sp³-hybridized carbons (Fsp3) is 0.429. The van der Waals surface area contributed by atoms with Crippen LogP contribution < -0.4 is 10.1 Å². The summed E-state index contributed by atoms with van der Waals surface area (Å²) in [6.07, 6.45) is 5.69. The number of carbonyl (C=O) groups excluding carboxylic acids is 1. The maximum absolute atomic E-state index is 11.8. The Bertz CT molecular complexity index is 708. The maximum Gasteiger partial charge on any atom is 0.223 e. The van der Waals surface area contributed by atoms with Gasteiger partial charge in [0.15, 0.2) is 0 Å². The summed E-state index contributed by atoms with van der Waals surface area (Å²) >= 11 is 0. The van der Waals surface area contributed by atoms with Gasteiger partial charge in [-0.3, -0.25) is 4.79 Å². The number of pyridine rings is 1. The van der Waals surface area contributed by atoms with Crippen molar-refractivity contribution in [2.45, 2.75) is 45.6 Å². The van der Waals surface area contributed by atoms with E-state index in [1.54, 1.807) is 6.20 Å². The standard InChI is InChI=1S/C21H26N2O2/c1-3-12-25-20-14-19(10-11-22-20)17-6-4-16(5-7-17)13-15(2)23-21(24)18-8-9-18/h4-7,10-11,14-15,18H,3,8-9,12-13H2,1-2H3,(H,23,24). The van der Waals surface area contributed by atoms with Crippen LogP contribution in [0, 0.1) is 5.92 Å². The van der Waals surface area contributed by atoms with Crippen LogP contribution in [0.2, 0.25) is 0 Å². The molecule has 0 saturated heterocycles. The van der Waals surface area contributed by atoms with Crippen molar-refractivity contribution in [1.82, 2.24) is 10.3 Å². The maximum atomic E-state index is 11.8. The molecule has 1 aromatic heterocycles. The highest BCUT2D eigenvalue weighted by molar-refractivity contribution is 5.81. The lowest BCUT2D eigenvalue weighted by molar-refractivity contribution is -0.122. The molecule has 1 N–H and O–H groups in total. The van der Waals surface area contributed by atoms with Crippen molar-refractivity contribution in [2.24, 2.45) is 5.92 Å². The molecule has 1 heterocycles. The van der Waals surface area contributed by atoms with Crippen LogP contribution in [0.3, 0.4) is 0 Å². The van der Waals surface area contributed by atoms with Gasteiger partial charge in [-0.25, -0.2) is 4.98 Å². The van der Waals surface area contributed by atoms with Gasteiger partial charge in [0, 0.05) is 24.2 Å². The molecule has 25 heavy (non-hydrogen) atoms. The fourth-order valence-corrected chi connectivity index (χ4v) is 2.82. The molecule has 132 valence electrons. The number of hydrogen-bond acceptors (Lipinski definition) is 3. The van der Waals surface area contributed by atoms with Gasteiger partial charge < -0.3 is 10.1 Å². The molecular formula is C21H26N2O2. The lowest BCUT2D eigenvalue weighted by Crippen LogP contribution is -2.35. The predicted octanol–water partition coefficient (Wildman–Crippen LogP) is 3.99. The van der Waals surface area contributed by atoms with Crippen molar-refractivity contribution < 1.29 is 9.53 Å². The van der Waals surface area contributed by atoms with Crippen LogP contribution in [0.25, 0.3) is 11.1 Å². The quantitative estimate of drug-likeness (QED) is 0.791. The van der Waals surface area contributed by atoms with E-state index < -0.39 is 0 Å². The third-order valence-electron chi connectivity index (χ3n) is 4.35. The molecular weight excluding hydrogens is 312 g/mol. The Kier molecular flexibility index (Phi) is 5.69. The fourth-order valence-electron chi connectivity index (χ4n) is 2.82. The number of carbonyl (C=O) groups is 1. The number of nitrogens with zero attached hydrogens (tertiary/aromatic N) is 1. The van der Waals surface area contributed by atoms with E-state index in [4.69, 9.17) is 4.74 Å². The zero-order valence-corrected chi connectivity index (χ0v) is 15.0. The largest absolute Gasteiger partial charge is 0.478 e. The van der Waals surface area contributed by atoms with Gasteiger partial charge in [-0.2, -0.15) is 0 Å². The Labute approximate surface area is 149 Å².